The molecule has 0 spiro atoms. The Labute approximate surface area is 125 Å². The van der Waals surface area contributed by atoms with Crippen LogP contribution in [0.4, 0.5) is 0 Å². The van der Waals surface area contributed by atoms with Crippen molar-refractivity contribution in [3.05, 3.63) is 24.3 Å². The molecule has 0 bridgehead atoms. The molecule has 1 aromatic rings. The van der Waals surface area contributed by atoms with Crippen LogP contribution in [-0.4, -0.2) is 45.9 Å². The van der Waals surface area contributed by atoms with Crippen LogP contribution in [0.1, 0.15) is 12.8 Å². The lowest BCUT2D eigenvalue weighted by Crippen LogP contribution is -2.19. The van der Waals surface area contributed by atoms with Crippen molar-refractivity contribution in [2.24, 2.45) is 5.92 Å². The third-order valence-electron chi connectivity index (χ3n) is 3.50. The summed E-state index contributed by atoms with van der Waals surface area (Å²) in [4.78, 5) is 0. The van der Waals surface area contributed by atoms with Crippen LogP contribution in [0.25, 0.3) is 0 Å². The predicted octanol–water partition coefficient (Wildman–Crippen LogP) is 2.24. The summed E-state index contributed by atoms with van der Waals surface area (Å²) in [6.07, 6.45) is 2.67. The van der Waals surface area contributed by atoms with Crippen molar-refractivity contribution in [1.82, 2.24) is 0 Å². The number of rotatable bonds is 9. The van der Waals surface area contributed by atoms with E-state index >= 15 is 0 Å². The van der Waals surface area contributed by atoms with Crippen molar-refractivity contribution in [1.29, 1.82) is 0 Å². The first kappa shape index (κ1) is 14.6. The zero-order valence-corrected chi connectivity index (χ0v) is 12.2. The van der Waals surface area contributed by atoms with Gasteiger partial charge in [-0.2, -0.15) is 0 Å². The second kappa shape index (κ2) is 7.64. The van der Waals surface area contributed by atoms with Crippen molar-refractivity contribution in [2.75, 3.05) is 39.8 Å². The molecule has 1 saturated heterocycles. The second-order valence-electron chi connectivity index (χ2n) is 5.43. The minimum atomic E-state index is 0.0320. The van der Waals surface area contributed by atoms with Crippen LogP contribution in [0.15, 0.2) is 24.3 Å². The fourth-order valence-corrected chi connectivity index (χ4v) is 2.04. The molecular weight excluding hydrogens is 272 g/mol. The Morgan fingerprint density at radius 2 is 1.71 bits per heavy atom. The molecule has 0 radical (unpaired) electrons. The summed E-state index contributed by atoms with van der Waals surface area (Å²) in [5.74, 6) is 2.44. The standard InChI is InChI=1S/C16H22O5/c1-2-13(1)9-17-7-8-19-14-3-5-15(6-4-14)20-11-16-10-18-12-21-16/h3-6,13,16H,1-2,7-12H2/t16-/m1/s1. The highest BCUT2D eigenvalue weighted by Crippen LogP contribution is 2.28. The minimum Gasteiger partial charge on any atom is -0.491 e. The summed E-state index contributed by atoms with van der Waals surface area (Å²) >= 11 is 0. The van der Waals surface area contributed by atoms with E-state index in [4.69, 9.17) is 23.7 Å². The molecule has 5 nitrogen and oxygen atoms in total. The zero-order chi connectivity index (χ0) is 14.3. The van der Waals surface area contributed by atoms with Crippen LogP contribution < -0.4 is 9.47 Å². The van der Waals surface area contributed by atoms with Crippen molar-refractivity contribution in [3.8, 4) is 11.5 Å². The van der Waals surface area contributed by atoms with Crippen molar-refractivity contribution >= 4 is 0 Å². The third-order valence-corrected chi connectivity index (χ3v) is 3.50. The summed E-state index contributed by atoms with van der Waals surface area (Å²) in [7, 11) is 0. The van der Waals surface area contributed by atoms with Crippen LogP contribution >= 0.6 is 0 Å². The van der Waals surface area contributed by atoms with Crippen LogP contribution in [-0.2, 0) is 14.2 Å². The Hall–Kier alpha value is -1.30. The number of ether oxygens (including phenoxy) is 5. The molecule has 21 heavy (non-hydrogen) atoms. The van der Waals surface area contributed by atoms with E-state index in [2.05, 4.69) is 0 Å². The van der Waals surface area contributed by atoms with Gasteiger partial charge in [-0.25, -0.2) is 0 Å². The maximum Gasteiger partial charge on any atom is 0.147 e. The normalized spacial score (nSPS) is 21.4. The molecule has 0 N–H and O–H groups in total. The molecule has 2 fully saturated rings. The molecule has 0 amide bonds. The van der Waals surface area contributed by atoms with Gasteiger partial charge in [0, 0.05) is 6.61 Å². The Bertz CT molecular complexity index is 409. The highest BCUT2D eigenvalue weighted by molar-refractivity contribution is 5.31. The fourth-order valence-electron chi connectivity index (χ4n) is 2.04. The quantitative estimate of drug-likeness (QED) is 0.654. The summed E-state index contributed by atoms with van der Waals surface area (Å²) in [5.41, 5.74) is 0. The summed E-state index contributed by atoms with van der Waals surface area (Å²) in [6.45, 7) is 3.58. The van der Waals surface area contributed by atoms with Crippen molar-refractivity contribution < 1.29 is 23.7 Å². The summed E-state index contributed by atoms with van der Waals surface area (Å²) in [6, 6.07) is 7.61. The van der Waals surface area contributed by atoms with Gasteiger partial charge >= 0.3 is 0 Å². The van der Waals surface area contributed by atoms with Crippen LogP contribution in [0.5, 0.6) is 11.5 Å². The fraction of sp³-hybridized carbons (Fsp3) is 0.625. The van der Waals surface area contributed by atoms with E-state index in [9.17, 15) is 0 Å². The molecular formula is C16H22O5. The maximum atomic E-state index is 5.64. The molecule has 116 valence electrons. The average molecular weight is 294 g/mol. The molecule has 1 aromatic carbocycles. The molecule has 1 heterocycles. The Morgan fingerprint density at radius 1 is 0.952 bits per heavy atom. The molecule has 1 aliphatic heterocycles. The van der Waals surface area contributed by atoms with E-state index in [1.165, 1.54) is 12.8 Å². The molecule has 1 saturated carbocycles. The van der Waals surface area contributed by atoms with Crippen molar-refractivity contribution in [3.63, 3.8) is 0 Å². The van der Waals surface area contributed by atoms with Crippen LogP contribution in [0, 0.1) is 5.92 Å². The lowest BCUT2D eigenvalue weighted by atomic mass is 10.3. The Balaban J connectivity index is 1.30. The van der Waals surface area contributed by atoms with Gasteiger partial charge in [-0.1, -0.05) is 0 Å². The van der Waals surface area contributed by atoms with E-state index in [0.717, 1.165) is 24.0 Å². The highest BCUT2D eigenvalue weighted by atomic mass is 16.7. The van der Waals surface area contributed by atoms with Gasteiger partial charge in [0.25, 0.3) is 0 Å². The van der Waals surface area contributed by atoms with Crippen LogP contribution in [0.2, 0.25) is 0 Å². The van der Waals surface area contributed by atoms with Gasteiger partial charge in [0.05, 0.1) is 13.2 Å². The maximum absolute atomic E-state index is 5.64. The molecule has 3 rings (SSSR count). The molecule has 0 aromatic heterocycles. The van der Waals surface area contributed by atoms with Gasteiger partial charge in [0.1, 0.15) is 37.6 Å². The number of benzene rings is 1. The van der Waals surface area contributed by atoms with E-state index in [-0.39, 0.29) is 6.10 Å². The largest absolute Gasteiger partial charge is 0.491 e. The first-order chi connectivity index (χ1) is 10.4. The minimum absolute atomic E-state index is 0.0320. The number of hydrogen-bond donors (Lipinski definition) is 0. The number of hydrogen-bond acceptors (Lipinski definition) is 5. The molecule has 1 atom stereocenters. The zero-order valence-electron chi connectivity index (χ0n) is 12.2. The topological polar surface area (TPSA) is 46.2 Å². The van der Waals surface area contributed by atoms with Gasteiger partial charge in [-0.15, -0.1) is 0 Å². The second-order valence-corrected chi connectivity index (χ2v) is 5.43. The van der Waals surface area contributed by atoms with E-state index in [0.29, 0.717) is 33.2 Å². The Kier molecular flexibility index (Phi) is 5.32. The van der Waals surface area contributed by atoms with Gasteiger partial charge in [-0.3, -0.25) is 0 Å². The summed E-state index contributed by atoms with van der Waals surface area (Å²) in [5, 5.41) is 0. The molecule has 5 heteroatoms. The van der Waals surface area contributed by atoms with Gasteiger partial charge < -0.3 is 23.7 Å². The molecule has 2 aliphatic rings. The monoisotopic (exact) mass is 294 g/mol. The smallest absolute Gasteiger partial charge is 0.147 e. The summed E-state index contributed by atoms with van der Waals surface area (Å²) < 4.78 is 27.2. The van der Waals surface area contributed by atoms with E-state index in [1.807, 2.05) is 24.3 Å². The average Bonchev–Trinajstić information content (AvgIpc) is 3.19. The lowest BCUT2D eigenvalue weighted by Gasteiger charge is -2.11. The molecule has 0 unspecified atom stereocenters. The van der Waals surface area contributed by atoms with Gasteiger partial charge in [0.2, 0.25) is 0 Å². The SMILES string of the molecule is c1cc(OC[C@H]2COCO2)ccc1OCCOCC1CC1. The lowest BCUT2D eigenvalue weighted by molar-refractivity contribution is 0.0320. The first-order valence-corrected chi connectivity index (χ1v) is 7.53. The van der Waals surface area contributed by atoms with Crippen LogP contribution in [0.3, 0.4) is 0 Å². The first-order valence-electron chi connectivity index (χ1n) is 7.53. The van der Waals surface area contributed by atoms with Gasteiger partial charge in [-0.05, 0) is 43.0 Å². The van der Waals surface area contributed by atoms with E-state index < -0.39 is 0 Å². The van der Waals surface area contributed by atoms with Gasteiger partial charge in [0.15, 0.2) is 0 Å². The van der Waals surface area contributed by atoms with Crippen molar-refractivity contribution in [2.45, 2.75) is 18.9 Å². The third kappa shape index (κ3) is 5.19. The molecule has 1 aliphatic carbocycles. The van der Waals surface area contributed by atoms with E-state index in [1.54, 1.807) is 0 Å². The Morgan fingerprint density at radius 3 is 2.38 bits per heavy atom. The predicted molar refractivity (Wildman–Crippen MR) is 76.7 cm³/mol. The highest BCUT2D eigenvalue weighted by Gasteiger charge is 2.20.